The Morgan fingerprint density at radius 3 is 2.59 bits per heavy atom. The molecule has 0 aliphatic rings. The number of carbonyl (C=O) groups is 1. The number of ether oxygens (including phenoxy) is 2. The highest BCUT2D eigenvalue weighted by Crippen LogP contribution is 2.37. The molecule has 1 amide bonds. The Labute approximate surface area is 202 Å². The first kappa shape index (κ1) is 23.3. The zero-order valence-corrected chi connectivity index (χ0v) is 20.0. The maximum Gasteiger partial charge on any atom is 0.242 e. The lowest BCUT2D eigenvalue weighted by molar-refractivity contribution is -0.115. The number of carbonyl (C=O) groups excluding carboxylic acids is 1. The minimum Gasteiger partial charge on any atom is -0.494 e. The number of amides is 1. The molecule has 174 valence electrons. The molecule has 0 spiro atoms. The largest absolute Gasteiger partial charge is 0.494 e. The molecule has 0 fully saturated rings. The van der Waals surface area contributed by atoms with E-state index in [4.69, 9.17) is 9.47 Å². The fourth-order valence-corrected chi connectivity index (χ4v) is 4.41. The number of aromatic nitrogens is 4. The van der Waals surface area contributed by atoms with Crippen molar-refractivity contribution in [3.63, 3.8) is 0 Å². The smallest absolute Gasteiger partial charge is 0.242 e. The highest BCUT2D eigenvalue weighted by Gasteiger charge is 2.27. The van der Waals surface area contributed by atoms with Gasteiger partial charge in [-0.2, -0.15) is 4.68 Å². The number of hydrogen-bond donors (Lipinski definition) is 1. The van der Waals surface area contributed by atoms with E-state index in [0.717, 1.165) is 11.1 Å². The van der Waals surface area contributed by atoms with E-state index in [1.165, 1.54) is 11.8 Å². The number of rotatable bonds is 9. The SMILES string of the molecule is CCOc1ccccc1NC(=O)[C@H](Sc1nnnn1-c1cc(C)ccc1OC)c1ccccc1. The number of nitrogens with zero attached hydrogens (tertiary/aromatic N) is 4. The Morgan fingerprint density at radius 1 is 1.06 bits per heavy atom. The fraction of sp³-hybridized carbons (Fsp3) is 0.200. The van der Waals surface area contributed by atoms with Crippen LogP contribution in [0.25, 0.3) is 5.69 Å². The van der Waals surface area contributed by atoms with Gasteiger partial charge in [0.05, 0.1) is 19.4 Å². The normalized spacial score (nSPS) is 11.6. The molecular weight excluding hydrogens is 450 g/mol. The molecule has 0 aliphatic heterocycles. The summed E-state index contributed by atoms with van der Waals surface area (Å²) in [6.07, 6.45) is 0. The van der Waals surface area contributed by atoms with Crippen LogP contribution >= 0.6 is 11.8 Å². The van der Waals surface area contributed by atoms with Crippen LogP contribution in [-0.2, 0) is 4.79 Å². The number of methoxy groups -OCH3 is 1. The first-order valence-corrected chi connectivity index (χ1v) is 11.7. The van der Waals surface area contributed by atoms with Gasteiger partial charge in [0.25, 0.3) is 0 Å². The van der Waals surface area contributed by atoms with Crippen LogP contribution in [0.15, 0.2) is 78.0 Å². The van der Waals surface area contributed by atoms with Crippen molar-refractivity contribution in [2.75, 3.05) is 19.0 Å². The zero-order chi connectivity index (χ0) is 23.9. The Balaban J connectivity index is 1.68. The van der Waals surface area contributed by atoms with Gasteiger partial charge in [-0.1, -0.05) is 60.3 Å². The van der Waals surface area contributed by atoms with Gasteiger partial charge in [-0.25, -0.2) is 0 Å². The summed E-state index contributed by atoms with van der Waals surface area (Å²) in [5, 5.41) is 15.1. The molecule has 1 atom stereocenters. The summed E-state index contributed by atoms with van der Waals surface area (Å²) in [4.78, 5) is 13.5. The van der Waals surface area contributed by atoms with Gasteiger partial charge >= 0.3 is 0 Å². The lowest BCUT2D eigenvalue weighted by atomic mass is 10.1. The first-order chi connectivity index (χ1) is 16.6. The number of thioether (sulfide) groups is 1. The van der Waals surface area contributed by atoms with Crippen molar-refractivity contribution in [2.45, 2.75) is 24.3 Å². The molecule has 0 radical (unpaired) electrons. The average Bonchev–Trinajstić information content (AvgIpc) is 3.32. The number of aryl methyl sites for hydroxylation is 1. The third-order valence-electron chi connectivity index (χ3n) is 5.01. The van der Waals surface area contributed by atoms with Crippen LogP contribution in [0.4, 0.5) is 5.69 Å². The van der Waals surface area contributed by atoms with E-state index >= 15 is 0 Å². The van der Waals surface area contributed by atoms with E-state index in [1.807, 2.05) is 86.6 Å². The van der Waals surface area contributed by atoms with Crippen LogP contribution < -0.4 is 14.8 Å². The van der Waals surface area contributed by atoms with Crippen molar-refractivity contribution in [1.82, 2.24) is 20.2 Å². The molecule has 0 saturated heterocycles. The molecule has 0 unspecified atom stereocenters. The van der Waals surface area contributed by atoms with Crippen molar-refractivity contribution < 1.29 is 14.3 Å². The number of benzene rings is 3. The molecule has 1 aromatic heterocycles. The van der Waals surface area contributed by atoms with Crippen LogP contribution in [0.1, 0.15) is 23.3 Å². The predicted octanol–water partition coefficient (Wildman–Crippen LogP) is 4.85. The monoisotopic (exact) mass is 475 g/mol. The molecule has 8 nitrogen and oxygen atoms in total. The molecular formula is C25H25N5O3S. The number of nitrogens with one attached hydrogen (secondary N) is 1. The van der Waals surface area contributed by atoms with Gasteiger partial charge in [0.15, 0.2) is 0 Å². The van der Waals surface area contributed by atoms with Gasteiger partial charge in [0.1, 0.15) is 22.4 Å². The number of tetrazole rings is 1. The van der Waals surface area contributed by atoms with E-state index in [2.05, 4.69) is 20.8 Å². The minimum absolute atomic E-state index is 0.214. The van der Waals surface area contributed by atoms with Gasteiger partial charge in [0, 0.05) is 0 Å². The van der Waals surface area contributed by atoms with Crippen LogP contribution in [0.3, 0.4) is 0 Å². The predicted molar refractivity (Wildman–Crippen MR) is 132 cm³/mol. The lowest BCUT2D eigenvalue weighted by Gasteiger charge is -2.18. The molecule has 3 aromatic carbocycles. The fourth-order valence-electron chi connectivity index (χ4n) is 3.42. The highest BCUT2D eigenvalue weighted by atomic mass is 32.2. The van der Waals surface area contributed by atoms with E-state index < -0.39 is 5.25 Å². The van der Waals surface area contributed by atoms with E-state index in [1.54, 1.807) is 11.8 Å². The van der Waals surface area contributed by atoms with E-state index in [-0.39, 0.29) is 5.91 Å². The van der Waals surface area contributed by atoms with Gasteiger partial charge in [-0.15, -0.1) is 5.10 Å². The topological polar surface area (TPSA) is 91.2 Å². The molecule has 9 heteroatoms. The molecule has 0 bridgehead atoms. The summed E-state index contributed by atoms with van der Waals surface area (Å²) >= 11 is 1.26. The second-order valence-corrected chi connectivity index (χ2v) is 8.45. The molecule has 4 rings (SSSR count). The third-order valence-corrected chi connectivity index (χ3v) is 6.20. The number of para-hydroxylation sites is 2. The summed E-state index contributed by atoms with van der Waals surface area (Å²) in [5.41, 5.74) is 3.16. The zero-order valence-electron chi connectivity index (χ0n) is 19.1. The van der Waals surface area contributed by atoms with Gasteiger partial charge in [0.2, 0.25) is 11.1 Å². The third kappa shape index (κ3) is 5.20. The highest BCUT2D eigenvalue weighted by molar-refractivity contribution is 8.00. The summed E-state index contributed by atoms with van der Waals surface area (Å²) in [6.45, 7) is 4.38. The molecule has 1 heterocycles. The number of anilines is 1. The summed E-state index contributed by atoms with van der Waals surface area (Å²) < 4.78 is 12.8. The van der Waals surface area contributed by atoms with E-state index in [9.17, 15) is 4.79 Å². The molecule has 1 N–H and O–H groups in total. The van der Waals surface area contributed by atoms with Crippen molar-refractivity contribution in [3.8, 4) is 17.2 Å². The second kappa shape index (κ2) is 10.8. The van der Waals surface area contributed by atoms with Crippen molar-refractivity contribution in [3.05, 3.63) is 83.9 Å². The van der Waals surface area contributed by atoms with Gasteiger partial charge in [-0.05, 0) is 59.7 Å². The maximum atomic E-state index is 13.5. The van der Waals surface area contributed by atoms with Crippen molar-refractivity contribution in [1.29, 1.82) is 0 Å². The molecule has 34 heavy (non-hydrogen) atoms. The average molecular weight is 476 g/mol. The van der Waals surface area contributed by atoms with Gasteiger partial charge in [-0.3, -0.25) is 4.79 Å². The lowest BCUT2D eigenvalue weighted by Crippen LogP contribution is -2.20. The summed E-state index contributed by atoms with van der Waals surface area (Å²) in [6, 6.07) is 22.7. The maximum absolute atomic E-state index is 13.5. The number of hydrogen-bond acceptors (Lipinski definition) is 7. The van der Waals surface area contributed by atoms with Gasteiger partial charge < -0.3 is 14.8 Å². The second-order valence-electron chi connectivity index (χ2n) is 7.38. The molecule has 4 aromatic rings. The van der Waals surface area contributed by atoms with Crippen LogP contribution in [-0.4, -0.2) is 39.8 Å². The summed E-state index contributed by atoms with van der Waals surface area (Å²) in [7, 11) is 1.60. The molecule has 0 aliphatic carbocycles. The summed E-state index contributed by atoms with van der Waals surface area (Å²) in [5.74, 6) is 1.03. The minimum atomic E-state index is -0.614. The Kier molecular flexibility index (Phi) is 7.44. The van der Waals surface area contributed by atoms with Crippen LogP contribution in [0, 0.1) is 6.92 Å². The Bertz CT molecular complexity index is 1260. The Morgan fingerprint density at radius 2 is 1.82 bits per heavy atom. The first-order valence-electron chi connectivity index (χ1n) is 10.8. The Hall–Kier alpha value is -3.85. The van der Waals surface area contributed by atoms with Crippen molar-refractivity contribution >= 4 is 23.4 Å². The standard InChI is InChI=1S/C25H25N5O3S/c1-4-33-21-13-9-8-12-19(21)26-24(31)23(18-10-6-5-7-11-18)34-25-27-28-29-30(25)20-16-17(2)14-15-22(20)32-3/h5-16,23H,4H2,1-3H3,(H,26,31)/t23-/m1/s1. The van der Waals surface area contributed by atoms with Crippen molar-refractivity contribution in [2.24, 2.45) is 0 Å². The van der Waals surface area contributed by atoms with Crippen LogP contribution in [0.2, 0.25) is 0 Å². The molecule has 0 saturated carbocycles. The van der Waals surface area contributed by atoms with Crippen LogP contribution in [0.5, 0.6) is 11.5 Å². The quantitative estimate of drug-likeness (QED) is 0.346. The van der Waals surface area contributed by atoms with E-state index in [0.29, 0.717) is 34.6 Å².